The van der Waals surface area contributed by atoms with Crippen molar-refractivity contribution in [1.29, 1.82) is 0 Å². The first-order valence-corrected chi connectivity index (χ1v) is 12.5. The van der Waals surface area contributed by atoms with Crippen LogP contribution in [-0.4, -0.2) is 46.7 Å². The quantitative estimate of drug-likeness (QED) is 0.330. The predicted octanol–water partition coefficient (Wildman–Crippen LogP) is 6.39. The zero-order valence-corrected chi connectivity index (χ0v) is 22.1. The van der Waals surface area contributed by atoms with E-state index in [0.717, 1.165) is 4.90 Å². The second-order valence-corrected chi connectivity index (χ2v) is 9.82. The second-order valence-electron chi connectivity index (χ2n) is 8.21. The average molecular weight is 597 g/mol. The van der Waals surface area contributed by atoms with E-state index in [1.54, 1.807) is 18.2 Å². The van der Waals surface area contributed by atoms with Crippen molar-refractivity contribution >= 4 is 51.1 Å². The number of hydrogen-bond donors (Lipinski definition) is 2. The van der Waals surface area contributed by atoms with E-state index in [-0.39, 0.29) is 42.2 Å². The third-order valence-electron chi connectivity index (χ3n) is 5.89. The topological polar surface area (TPSA) is 91.8 Å². The van der Waals surface area contributed by atoms with Gasteiger partial charge in [-0.15, -0.1) is 0 Å². The SMILES string of the molecule is COc1nc(-c2cccc(-c3cccc(Br)c3Cl)c2Cl)cc(F)c1CN(CC1CCC(=O)N1)C(=O)O. The Balaban J connectivity index is 1.69. The number of pyridine rings is 1. The molecule has 36 heavy (non-hydrogen) atoms. The van der Waals surface area contributed by atoms with Gasteiger partial charge in [0.05, 0.1) is 35.0 Å². The molecule has 1 aliphatic heterocycles. The number of methoxy groups -OCH3 is 1. The third kappa shape index (κ3) is 5.43. The monoisotopic (exact) mass is 595 g/mol. The van der Waals surface area contributed by atoms with Crippen molar-refractivity contribution in [3.05, 3.63) is 68.4 Å². The van der Waals surface area contributed by atoms with Crippen LogP contribution in [0, 0.1) is 5.82 Å². The van der Waals surface area contributed by atoms with E-state index < -0.39 is 11.9 Å². The molecule has 4 rings (SSSR count). The van der Waals surface area contributed by atoms with Crippen LogP contribution < -0.4 is 10.1 Å². The summed E-state index contributed by atoms with van der Waals surface area (Å²) in [7, 11) is 1.33. The van der Waals surface area contributed by atoms with Crippen LogP contribution in [0.5, 0.6) is 5.88 Å². The average Bonchev–Trinajstić information content (AvgIpc) is 3.26. The fraction of sp³-hybridized carbons (Fsp3) is 0.240. The molecule has 2 aromatic carbocycles. The highest BCUT2D eigenvalue weighted by Crippen LogP contribution is 2.41. The minimum absolute atomic E-state index is 0.0183. The molecule has 2 amide bonds. The van der Waals surface area contributed by atoms with E-state index in [4.69, 9.17) is 27.9 Å². The number of ether oxygens (including phenoxy) is 1. The summed E-state index contributed by atoms with van der Waals surface area (Å²) in [5.41, 5.74) is 1.99. The molecule has 3 aromatic rings. The molecule has 2 heterocycles. The molecule has 1 unspecified atom stereocenters. The molecule has 1 saturated heterocycles. The largest absolute Gasteiger partial charge is 0.481 e. The van der Waals surface area contributed by atoms with Crippen LogP contribution in [-0.2, 0) is 11.3 Å². The lowest BCUT2D eigenvalue weighted by Crippen LogP contribution is -2.41. The predicted molar refractivity (Wildman–Crippen MR) is 139 cm³/mol. The number of benzene rings is 2. The summed E-state index contributed by atoms with van der Waals surface area (Å²) >= 11 is 16.6. The number of aromatic nitrogens is 1. The molecule has 1 fully saturated rings. The minimum atomic E-state index is -1.25. The van der Waals surface area contributed by atoms with Gasteiger partial charge in [-0.05, 0) is 28.4 Å². The molecule has 1 aliphatic rings. The highest BCUT2D eigenvalue weighted by atomic mass is 79.9. The summed E-state index contributed by atoms with van der Waals surface area (Å²) in [5, 5.41) is 13.2. The van der Waals surface area contributed by atoms with E-state index in [9.17, 15) is 14.7 Å². The van der Waals surface area contributed by atoms with Gasteiger partial charge >= 0.3 is 6.09 Å². The first kappa shape index (κ1) is 26.2. The summed E-state index contributed by atoms with van der Waals surface area (Å²) < 4.78 is 21.4. The molecule has 1 aromatic heterocycles. The number of amides is 2. The van der Waals surface area contributed by atoms with Crippen molar-refractivity contribution in [2.75, 3.05) is 13.7 Å². The van der Waals surface area contributed by atoms with E-state index in [2.05, 4.69) is 26.2 Å². The van der Waals surface area contributed by atoms with Gasteiger partial charge in [-0.3, -0.25) is 4.79 Å². The van der Waals surface area contributed by atoms with Gasteiger partial charge in [0.2, 0.25) is 11.8 Å². The molecule has 0 saturated carbocycles. The van der Waals surface area contributed by atoms with E-state index in [1.165, 1.54) is 13.2 Å². The number of carboxylic acid groups (broad SMARTS) is 1. The molecule has 2 N–H and O–H groups in total. The molecular formula is C25H21BrCl2FN3O4. The van der Waals surface area contributed by atoms with E-state index in [0.29, 0.717) is 44.0 Å². The van der Waals surface area contributed by atoms with Crippen LogP contribution >= 0.6 is 39.1 Å². The first-order chi connectivity index (χ1) is 17.2. The van der Waals surface area contributed by atoms with Crippen LogP contribution in [0.4, 0.5) is 9.18 Å². The lowest BCUT2D eigenvalue weighted by atomic mass is 10.0. The number of halogens is 4. The summed E-state index contributed by atoms with van der Waals surface area (Å²) in [6, 6.07) is 11.6. The number of rotatable bonds is 7. The van der Waals surface area contributed by atoms with Crippen molar-refractivity contribution in [3.63, 3.8) is 0 Å². The van der Waals surface area contributed by atoms with Gasteiger partial charge in [0.15, 0.2) is 0 Å². The maximum atomic E-state index is 15.4. The lowest BCUT2D eigenvalue weighted by molar-refractivity contribution is -0.119. The van der Waals surface area contributed by atoms with Crippen LogP contribution in [0.15, 0.2) is 46.9 Å². The summed E-state index contributed by atoms with van der Waals surface area (Å²) in [5.74, 6) is -0.891. The summed E-state index contributed by atoms with van der Waals surface area (Å²) in [6.07, 6.45) is -0.406. The Bertz CT molecular complexity index is 1340. The Morgan fingerprint density at radius 3 is 2.53 bits per heavy atom. The Kier molecular flexibility index (Phi) is 8.02. The van der Waals surface area contributed by atoms with Crippen LogP contribution in [0.1, 0.15) is 18.4 Å². The highest BCUT2D eigenvalue weighted by molar-refractivity contribution is 9.10. The van der Waals surface area contributed by atoms with E-state index in [1.807, 2.05) is 18.2 Å². The number of nitrogens with zero attached hydrogens (tertiary/aromatic N) is 2. The van der Waals surface area contributed by atoms with Crippen molar-refractivity contribution in [3.8, 4) is 28.3 Å². The van der Waals surface area contributed by atoms with Crippen LogP contribution in [0.25, 0.3) is 22.4 Å². The van der Waals surface area contributed by atoms with Crippen LogP contribution in [0.2, 0.25) is 10.0 Å². The van der Waals surface area contributed by atoms with Gasteiger partial charge in [0.25, 0.3) is 0 Å². The number of hydrogen-bond acceptors (Lipinski definition) is 4. The standard InChI is InChI=1S/C25H21BrCl2FN3O4/c1-36-24-17(12-32(25(34)35)11-13-8-9-21(33)30-13)19(29)10-20(31-24)16-6-2-4-14(22(16)27)15-5-3-7-18(26)23(15)28/h2-7,10,13H,8-9,11-12H2,1H3,(H,30,33)(H,34,35). The Hall–Kier alpha value is -2.88. The molecule has 0 aliphatic carbocycles. The van der Waals surface area contributed by atoms with Crippen LogP contribution in [0.3, 0.4) is 0 Å². The molecule has 7 nitrogen and oxygen atoms in total. The molecule has 0 radical (unpaired) electrons. The zero-order valence-electron chi connectivity index (χ0n) is 19.0. The molecule has 188 valence electrons. The van der Waals surface area contributed by atoms with Gasteiger partial charge < -0.3 is 20.1 Å². The number of carbonyl (C=O) groups excluding carboxylic acids is 1. The van der Waals surface area contributed by atoms with Crippen molar-refractivity contribution < 1.29 is 23.8 Å². The zero-order chi connectivity index (χ0) is 26.0. The van der Waals surface area contributed by atoms with Gasteiger partial charge in [0, 0.05) is 46.2 Å². The Labute approximate surface area is 225 Å². The Morgan fingerprint density at radius 1 is 1.22 bits per heavy atom. The Morgan fingerprint density at radius 2 is 1.89 bits per heavy atom. The van der Waals surface area contributed by atoms with Gasteiger partial charge in [0.1, 0.15) is 5.82 Å². The molecule has 0 spiro atoms. The van der Waals surface area contributed by atoms with Crippen molar-refractivity contribution in [2.24, 2.45) is 0 Å². The minimum Gasteiger partial charge on any atom is -0.481 e. The van der Waals surface area contributed by atoms with Gasteiger partial charge in [-0.2, -0.15) is 0 Å². The maximum absolute atomic E-state index is 15.4. The summed E-state index contributed by atoms with van der Waals surface area (Å²) in [4.78, 5) is 28.8. The maximum Gasteiger partial charge on any atom is 0.407 e. The smallest absolute Gasteiger partial charge is 0.407 e. The molecule has 0 bridgehead atoms. The summed E-state index contributed by atoms with van der Waals surface area (Å²) in [6.45, 7) is -0.280. The number of nitrogens with one attached hydrogen (secondary N) is 1. The van der Waals surface area contributed by atoms with Gasteiger partial charge in [-0.1, -0.05) is 53.5 Å². The fourth-order valence-corrected chi connectivity index (χ4v) is 5.02. The second kappa shape index (κ2) is 11.0. The van der Waals surface area contributed by atoms with Crippen molar-refractivity contribution in [1.82, 2.24) is 15.2 Å². The fourth-order valence-electron chi connectivity index (χ4n) is 4.10. The molecular weight excluding hydrogens is 576 g/mol. The number of carbonyl (C=O) groups is 2. The van der Waals surface area contributed by atoms with E-state index >= 15 is 4.39 Å². The normalized spacial score (nSPS) is 15.0. The lowest BCUT2D eigenvalue weighted by Gasteiger charge is -2.24. The first-order valence-electron chi connectivity index (χ1n) is 10.9. The third-order valence-corrected chi connectivity index (χ3v) is 7.59. The van der Waals surface area contributed by atoms with Gasteiger partial charge in [-0.25, -0.2) is 14.2 Å². The highest BCUT2D eigenvalue weighted by Gasteiger charge is 2.27. The van der Waals surface area contributed by atoms with Crippen molar-refractivity contribution in [2.45, 2.75) is 25.4 Å². The molecule has 11 heteroatoms. The molecule has 1 atom stereocenters.